The topological polar surface area (TPSA) is 22.1 Å². The summed E-state index contributed by atoms with van der Waals surface area (Å²) in [6.45, 7) is 3.81. The van der Waals surface area contributed by atoms with Crippen molar-refractivity contribution in [1.29, 1.82) is 0 Å². The Morgan fingerprint density at radius 2 is 1.83 bits per heavy atom. The van der Waals surface area contributed by atoms with Crippen LogP contribution in [0.5, 0.6) is 0 Å². The highest BCUT2D eigenvalue weighted by atomic mass is 32.1. The van der Waals surface area contributed by atoms with Crippen LogP contribution in [-0.4, -0.2) is 55.9 Å². The zero-order valence-electron chi connectivity index (χ0n) is 13.3. The van der Waals surface area contributed by atoms with Crippen LogP contribution in [0.2, 0.25) is 0 Å². The summed E-state index contributed by atoms with van der Waals surface area (Å²) in [4.78, 5) is 11.6. The van der Waals surface area contributed by atoms with E-state index < -0.39 is 0 Å². The molecule has 6 heteroatoms. The van der Waals surface area contributed by atoms with E-state index >= 15 is 0 Å². The average Bonchev–Trinajstić information content (AvgIpc) is 2.97. The molecular formula is C17H19FN4S. The molecule has 4 nitrogen and oxygen atoms in total. The van der Waals surface area contributed by atoms with Crippen LogP contribution in [0, 0.1) is 5.82 Å². The van der Waals surface area contributed by atoms with Gasteiger partial charge in [0.05, 0.1) is 17.1 Å². The lowest BCUT2D eigenvalue weighted by Gasteiger charge is -2.35. The number of benzene rings is 1. The van der Waals surface area contributed by atoms with Gasteiger partial charge in [-0.05, 0) is 25.2 Å². The number of fused-ring (bicyclic) bond motifs is 2. The number of aliphatic imine (C=N–C) groups is 1. The van der Waals surface area contributed by atoms with Gasteiger partial charge in [0, 0.05) is 49.6 Å². The number of likely N-dealkylation sites (N-methyl/N-ethyl adjacent to an activating group) is 1. The number of amidine groups is 1. The largest absolute Gasteiger partial charge is 0.353 e. The predicted molar refractivity (Wildman–Crippen MR) is 94.0 cm³/mol. The summed E-state index contributed by atoms with van der Waals surface area (Å²) < 4.78 is 13.9. The first-order valence-electron chi connectivity index (χ1n) is 7.75. The van der Waals surface area contributed by atoms with E-state index in [1.54, 1.807) is 17.4 Å². The zero-order chi connectivity index (χ0) is 16.0. The lowest BCUT2D eigenvalue weighted by Crippen LogP contribution is -2.47. The van der Waals surface area contributed by atoms with Crippen molar-refractivity contribution in [1.82, 2.24) is 9.80 Å². The molecule has 1 fully saturated rings. The first kappa shape index (κ1) is 14.7. The van der Waals surface area contributed by atoms with E-state index in [9.17, 15) is 4.39 Å². The number of nitrogens with zero attached hydrogens (tertiary/aromatic N) is 4. The summed E-state index contributed by atoms with van der Waals surface area (Å²) in [6.07, 6.45) is 0. The fraction of sp³-hybridized carbons (Fsp3) is 0.353. The summed E-state index contributed by atoms with van der Waals surface area (Å²) in [7, 11) is 4.15. The highest BCUT2D eigenvalue weighted by Crippen LogP contribution is 2.41. The van der Waals surface area contributed by atoms with Crippen molar-refractivity contribution in [2.75, 3.05) is 45.2 Å². The van der Waals surface area contributed by atoms with Crippen LogP contribution < -0.4 is 4.90 Å². The number of rotatable bonds is 0. The van der Waals surface area contributed by atoms with Gasteiger partial charge in [-0.3, -0.25) is 0 Å². The highest BCUT2D eigenvalue weighted by Gasteiger charge is 2.26. The van der Waals surface area contributed by atoms with E-state index in [1.165, 1.54) is 6.07 Å². The van der Waals surface area contributed by atoms with E-state index in [0.29, 0.717) is 0 Å². The molecule has 1 aromatic carbocycles. The van der Waals surface area contributed by atoms with Gasteiger partial charge in [0.25, 0.3) is 0 Å². The van der Waals surface area contributed by atoms with Gasteiger partial charge in [0.2, 0.25) is 0 Å². The maximum Gasteiger partial charge on any atom is 0.138 e. The monoisotopic (exact) mass is 330 g/mol. The molecule has 1 saturated heterocycles. The van der Waals surface area contributed by atoms with Crippen molar-refractivity contribution in [2.24, 2.45) is 4.99 Å². The molecule has 0 spiro atoms. The lowest BCUT2D eigenvalue weighted by atomic mass is 10.1. The Morgan fingerprint density at radius 3 is 2.61 bits per heavy atom. The molecule has 23 heavy (non-hydrogen) atoms. The number of piperazine rings is 1. The van der Waals surface area contributed by atoms with Gasteiger partial charge in [0.1, 0.15) is 11.7 Å². The summed E-state index contributed by atoms with van der Waals surface area (Å²) in [5.74, 6) is 0.667. The first-order chi connectivity index (χ1) is 11.1. The molecule has 4 rings (SSSR count). The SMILES string of the molecule is CN1CCN(C2=Nc3cscc3N(C)c3ccc(F)cc32)CC1. The van der Waals surface area contributed by atoms with Crippen LogP contribution in [0.15, 0.2) is 34.0 Å². The quantitative estimate of drug-likeness (QED) is 0.740. The first-order valence-corrected chi connectivity index (χ1v) is 8.70. The maximum atomic E-state index is 13.9. The molecule has 120 valence electrons. The van der Waals surface area contributed by atoms with Gasteiger partial charge in [-0.1, -0.05) is 0 Å². The van der Waals surface area contributed by atoms with Gasteiger partial charge in [-0.15, -0.1) is 11.3 Å². The number of anilines is 2. The second-order valence-electron chi connectivity index (χ2n) is 6.09. The van der Waals surface area contributed by atoms with Gasteiger partial charge in [0.15, 0.2) is 0 Å². The molecule has 0 saturated carbocycles. The van der Waals surface area contributed by atoms with E-state index in [4.69, 9.17) is 4.99 Å². The summed E-state index contributed by atoms with van der Waals surface area (Å²) in [5.41, 5.74) is 3.91. The van der Waals surface area contributed by atoms with Crippen molar-refractivity contribution in [3.8, 4) is 0 Å². The zero-order valence-corrected chi connectivity index (χ0v) is 14.1. The molecule has 2 aliphatic rings. The van der Waals surface area contributed by atoms with Crippen LogP contribution >= 0.6 is 11.3 Å². The van der Waals surface area contributed by atoms with Crippen LogP contribution in [-0.2, 0) is 0 Å². The van der Waals surface area contributed by atoms with Crippen LogP contribution in [0.3, 0.4) is 0 Å². The fourth-order valence-corrected chi connectivity index (χ4v) is 3.94. The lowest BCUT2D eigenvalue weighted by molar-refractivity contribution is 0.216. The second kappa shape index (κ2) is 5.62. The maximum absolute atomic E-state index is 13.9. The van der Waals surface area contributed by atoms with E-state index in [0.717, 1.165) is 54.6 Å². The van der Waals surface area contributed by atoms with Gasteiger partial charge in [-0.25, -0.2) is 9.38 Å². The van der Waals surface area contributed by atoms with Crippen molar-refractivity contribution in [3.05, 3.63) is 40.3 Å². The number of thiophene rings is 1. The molecule has 0 unspecified atom stereocenters. The standard InChI is InChI=1S/C17H19FN4S/c1-20-5-7-22(8-6-20)17-13-9-12(18)3-4-15(13)21(2)16-11-23-10-14(16)19-17/h3-4,9-11H,5-8H2,1-2H3. The normalized spacial score (nSPS) is 18.3. The van der Waals surface area contributed by atoms with E-state index in [2.05, 4.69) is 32.5 Å². The Morgan fingerprint density at radius 1 is 1.04 bits per heavy atom. The summed E-state index contributed by atoms with van der Waals surface area (Å²) in [5, 5.41) is 4.16. The minimum absolute atomic E-state index is 0.219. The Hall–Kier alpha value is -1.92. The molecule has 2 aromatic rings. The predicted octanol–water partition coefficient (Wildman–Crippen LogP) is 3.29. The van der Waals surface area contributed by atoms with Crippen molar-refractivity contribution in [2.45, 2.75) is 0 Å². The molecule has 0 N–H and O–H groups in total. The van der Waals surface area contributed by atoms with E-state index in [1.807, 2.05) is 13.1 Å². The van der Waals surface area contributed by atoms with Gasteiger partial charge < -0.3 is 14.7 Å². The Labute approximate surface area is 139 Å². The van der Waals surface area contributed by atoms with Crippen molar-refractivity contribution < 1.29 is 4.39 Å². The molecule has 0 atom stereocenters. The third-order valence-electron chi connectivity index (χ3n) is 4.57. The molecule has 0 amide bonds. The Bertz CT molecular complexity index is 762. The van der Waals surface area contributed by atoms with Crippen LogP contribution in [0.4, 0.5) is 21.5 Å². The molecule has 1 aromatic heterocycles. The Balaban J connectivity index is 1.86. The molecule has 0 bridgehead atoms. The molecule has 0 aliphatic carbocycles. The third kappa shape index (κ3) is 2.52. The number of halogens is 1. The van der Waals surface area contributed by atoms with Crippen molar-refractivity contribution >= 4 is 34.2 Å². The fourth-order valence-electron chi connectivity index (χ4n) is 3.16. The minimum atomic E-state index is -0.219. The highest BCUT2D eigenvalue weighted by molar-refractivity contribution is 7.09. The molecule has 0 radical (unpaired) electrons. The molecule has 3 heterocycles. The molecule has 2 aliphatic heterocycles. The van der Waals surface area contributed by atoms with Crippen LogP contribution in [0.1, 0.15) is 5.56 Å². The summed E-state index contributed by atoms with van der Waals surface area (Å²) in [6, 6.07) is 4.98. The minimum Gasteiger partial charge on any atom is -0.353 e. The average molecular weight is 330 g/mol. The van der Waals surface area contributed by atoms with Crippen LogP contribution in [0.25, 0.3) is 0 Å². The summed E-state index contributed by atoms with van der Waals surface area (Å²) >= 11 is 1.65. The smallest absolute Gasteiger partial charge is 0.138 e. The molecular weight excluding hydrogens is 311 g/mol. The number of hydrogen-bond acceptors (Lipinski definition) is 5. The Kier molecular flexibility index (Phi) is 3.58. The van der Waals surface area contributed by atoms with Crippen molar-refractivity contribution in [3.63, 3.8) is 0 Å². The third-order valence-corrected chi connectivity index (χ3v) is 5.29. The van der Waals surface area contributed by atoms with Gasteiger partial charge >= 0.3 is 0 Å². The van der Waals surface area contributed by atoms with Gasteiger partial charge in [-0.2, -0.15) is 0 Å². The second-order valence-corrected chi connectivity index (χ2v) is 6.83. The van der Waals surface area contributed by atoms with E-state index in [-0.39, 0.29) is 5.82 Å². The number of hydrogen-bond donors (Lipinski definition) is 0.